The lowest BCUT2D eigenvalue weighted by Crippen LogP contribution is -2.30. The van der Waals surface area contributed by atoms with Gasteiger partial charge in [0, 0.05) is 5.92 Å². The molecule has 0 N–H and O–H groups in total. The Morgan fingerprint density at radius 2 is 2.10 bits per heavy atom. The van der Waals surface area contributed by atoms with E-state index in [0.717, 1.165) is 19.6 Å². The van der Waals surface area contributed by atoms with E-state index in [-0.39, 0.29) is 6.29 Å². The highest BCUT2D eigenvalue weighted by Crippen LogP contribution is 2.13. The number of hydrogen-bond acceptors (Lipinski definition) is 2. The minimum Gasteiger partial charge on any atom is -0.349 e. The van der Waals surface area contributed by atoms with Crippen molar-refractivity contribution in [1.29, 1.82) is 0 Å². The summed E-state index contributed by atoms with van der Waals surface area (Å²) in [5, 5.41) is 0. The van der Waals surface area contributed by atoms with Gasteiger partial charge in [-0.3, -0.25) is 0 Å². The third kappa shape index (κ3) is 1.82. The Labute approximate surface area is 61.8 Å². The van der Waals surface area contributed by atoms with Crippen LogP contribution in [-0.2, 0) is 9.47 Å². The second-order valence-electron chi connectivity index (χ2n) is 2.55. The molecule has 0 aromatic heterocycles. The fourth-order valence-corrected chi connectivity index (χ4v) is 0.930. The van der Waals surface area contributed by atoms with E-state index in [2.05, 4.69) is 13.5 Å². The Bertz CT molecular complexity index is 104. The lowest BCUT2D eigenvalue weighted by atomic mass is 10.1. The Morgan fingerprint density at radius 1 is 1.50 bits per heavy atom. The van der Waals surface area contributed by atoms with E-state index in [9.17, 15) is 0 Å². The first-order valence-corrected chi connectivity index (χ1v) is 3.72. The summed E-state index contributed by atoms with van der Waals surface area (Å²) in [6, 6.07) is 0. The van der Waals surface area contributed by atoms with E-state index in [1.54, 1.807) is 6.08 Å². The first-order valence-electron chi connectivity index (χ1n) is 3.72. The highest BCUT2D eigenvalue weighted by Gasteiger charge is 2.17. The van der Waals surface area contributed by atoms with Gasteiger partial charge in [-0.25, -0.2) is 0 Å². The third-order valence-corrected chi connectivity index (χ3v) is 1.76. The van der Waals surface area contributed by atoms with E-state index in [1.807, 2.05) is 0 Å². The second kappa shape index (κ2) is 3.74. The molecular weight excluding hydrogens is 128 g/mol. The molecule has 58 valence electrons. The molecular formula is C8H14O2. The largest absolute Gasteiger partial charge is 0.349 e. The molecule has 1 heterocycles. The molecule has 0 aliphatic carbocycles. The molecule has 1 fully saturated rings. The van der Waals surface area contributed by atoms with E-state index < -0.39 is 0 Å². The van der Waals surface area contributed by atoms with Crippen LogP contribution in [0.25, 0.3) is 0 Å². The van der Waals surface area contributed by atoms with Crippen LogP contribution in [0.4, 0.5) is 0 Å². The van der Waals surface area contributed by atoms with Gasteiger partial charge in [0.05, 0.1) is 13.2 Å². The predicted molar refractivity (Wildman–Crippen MR) is 39.7 cm³/mol. The summed E-state index contributed by atoms with van der Waals surface area (Å²) in [6.07, 6.45) is 2.65. The number of rotatable bonds is 2. The van der Waals surface area contributed by atoms with E-state index >= 15 is 0 Å². The molecule has 2 heteroatoms. The summed E-state index contributed by atoms with van der Waals surface area (Å²) >= 11 is 0. The highest BCUT2D eigenvalue weighted by molar-refractivity contribution is 4.75. The molecule has 0 unspecified atom stereocenters. The quantitative estimate of drug-likeness (QED) is 0.545. The van der Waals surface area contributed by atoms with Gasteiger partial charge in [-0.05, 0) is 12.5 Å². The van der Waals surface area contributed by atoms with Gasteiger partial charge in [0.2, 0.25) is 0 Å². The lowest BCUT2D eigenvalue weighted by molar-refractivity contribution is -0.174. The van der Waals surface area contributed by atoms with Gasteiger partial charge in [-0.1, -0.05) is 13.5 Å². The van der Waals surface area contributed by atoms with Gasteiger partial charge in [0.25, 0.3) is 0 Å². The Morgan fingerprint density at radius 3 is 2.50 bits per heavy atom. The minimum atomic E-state index is -0.164. The molecule has 0 amide bonds. The third-order valence-electron chi connectivity index (χ3n) is 1.76. The van der Waals surface area contributed by atoms with Crippen LogP contribution in [0.5, 0.6) is 0 Å². The summed E-state index contributed by atoms with van der Waals surface area (Å²) in [6.45, 7) is 7.36. The maximum Gasteiger partial charge on any atom is 0.176 e. The van der Waals surface area contributed by atoms with Gasteiger partial charge in [0.15, 0.2) is 6.29 Å². The van der Waals surface area contributed by atoms with Crippen LogP contribution in [0, 0.1) is 5.92 Å². The van der Waals surface area contributed by atoms with E-state index in [0.29, 0.717) is 5.92 Å². The second-order valence-corrected chi connectivity index (χ2v) is 2.55. The fraction of sp³-hybridized carbons (Fsp3) is 0.750. The zero-order valence-corrected chi connectivity index (χ0v) is 6.38. The molecule has 1 rings (SSSR count). The van der Waals surface area contributed by atoms with Crippen LogP contribution >= 0.6 is 0 Å². The van der Waals surface area contributed by atoms with Gasteiger partial charge in [-0.2, -0.15) is 0 Å². The summed E-state index contributed by atoms with van der Waals surface area (Å²) in [5.74, 6) is 0.580. The zero-order valence-electron chi connectivity index (χ0n) is 6.38. The van der Waals surface area contributed by atoms with Crippen LogP contribution in [0.15, 0.2) is 12.7 Å². The summed E-state index contributed by atoms with van der Waals surface area (Å²) < 4.78 is 10.6. The fourth-order valence-electron chi connectivity index (χ4n) is 0.930. The van der Waals surface area contributed by atoms with Crippen molar-refractivity contribution in [2.75, 3.05) is 13.2 Å². The molecule has 0 bridgehead atoms. The Hall–Kier alpha value is -0.340. The number of hydrogen-bond donors (Lipinski definition) is 0. The van der Waals surface area contributed by atoms with Crippen LogP contribution in [-0.4, -0.2) is 19.5 Å². The van der Waals surface area contributed by atoms with Crippen molar-refractivity contribution < 1.29 is 9.47 Å². The molecule has 0 aromatic rings. The van der Waals surface area contributed by atoms with Gasteiger partial charge in [-0.15, -0.1) is 0 Å². The molecule has 0 spiro atoms. The molecule has 0 saturated carbocycles. The maximum atomic E-state index is 5.29. The van der Waals surface area contributed by atoms with Gasteiger partial charge in [0.1, 0.15) is 0 Å². The molecule has 1 aliphatic heterocycles. The van der Waals surface area contributed by atoms with Crippen LogP contribution in [0.2, 0.25) is 0 Å². The van der Waals surface area contributed by atoms with Crippen molar-refractivity contribution in [3.8, 4) is 0 Å². The SMILES string of the molecule is C=CC1OCC(CC)CO1. The van der Waals surface area contributed by atoms with E-state index in [1.165, 1.54) is 0 Å². The first kappa shape index (κ1) is 7.76. The van der Waals surface area contributed by atoms with Gasteiger partial charge < -0.3 is 9.47 Å². The molecule has 2 nitrogen and oxygen atoms in total. The Kier molecular flexibility index (Phi) is 2.90. The first-order chi connectivity index (χ1) is 4.86. The highest BCUT2D eigenvalue weighted by atomic mass is 16.7. The molecule has 0 aromatic carbocycles. The predicted octanol–water partition coefficient (Wildman–Crippen LogP) is 1.57. The van der Waals surface area contributed by atoms with Crippen molar-refractivity contribution in [2.45, 2.75) is 19.6 Å². The normalized spacial score (nSPS) is 33.7. The summed E-state index contributed by atoms with van der Waals surface area (Å²) in [7, 11) is 0. The van der Waals surface area contributed by atoms with Crippen molar-refractivity contribution >= 4 is 0 Å². The van der Waals surface area contributed by atoms with Crippen molar-refractivity contribution in [3.63, 3.8) is 0 Å². The van der Waals surface area contributed by atoms with Crippen molar-refractivity contribution in [3.05, 3.63) is 12.7 Å². The van der Waals surface area contributed by atoms with Crippen LogP contribution in [0.3, 0.4) is 0 Å². The monoisotopic (exact) mass is 142 g/mol. The zero-order chi connectivity index (χ0) is 7.40. The van der Waals surface area contributed by atoms with Crippen molar-refractivity contribution in [2.24, 2.45) is 5.92 Å². The Balaban J connectivity index is 2.23. The topological polar surface area (TPSA) is 18.5 Å². The van der Waals surface area contributed by atoms with Crippen LogP contribution in [0.1, 0.15) is 13.3 Å². The van der Waals surface area contributed by atoms with Crippen molar-refractivity contribution in [1.82, 2.24) is 0 Å². The molecule has 1 saturated heterocycles. The minimum absolute atomic E-state index is 0.164. The smallest absolute Gasteiger partial charge is 0.176 e. The molecule has 0 radical (unpaired) electrons. The van der Waals surface area contributed by atoms with Gasteiger partial charge >= 0.3 is 0 Å². The molecule has 0 atom stereocenters. The average molecular weight is 142 g/mol. The summed E-state index contributed by atoms with van der Waals surface area (Å²) in [5.41, 5.74) is 0. The van der Waals surface area contributed by atoms with Crippen LogP contribution < -0.4 is 0 Å². The van der Waals surface area contributed by atoms with E-state index in [4.69, 9.17) is 9.47 Å². The molecule has 10 heavy (non-hydrogen) atoms. The standard InChI is InChI=1S/C8H14O2/c1-3-7-5-9-8(4-2)10-6-7/h4,7-8H,2-3,5-6H2,1H3. The number of ether oxygens (including phenoxy) is 2. The average Bonchev–Trinajstić information content (AvgIpc) is 2.05. The maximum absolute atomic E-state index is 5.29. The lowest BCUT2D eigenvalue weighted by Gasteiger charge is -2.26. The molecule has 1 aliphatic rings. The summed E-state index contributed by atoms with van der Waals surface area (Å²) in [4.78, 5) is 0.